The summed E-state index contributed by atoms with van der Waals surface area (Å²) >= 11 is 3.30. The summed E-state index contributed by atoms with van der Waals surface area (Å²) in [6, 6.07) is 7.30. The SMILES string of the molecule is N#Cc1ccc(-n2cc(C=O)cn2)cc1Br. The number of carbonyl (C=O) groups excluding carboxylic acids is 1. The number of aldehydes is 1. The topological polar surface area (TPSA) is 58.7 Å². The van der Waals surface area contributed by atoms with Crippen molar-refractivity contribution in [2.24, 2.45) is 0 Å². The van der Waals surface area contributed by atoms with E-state index in [-0.39, 0.29) is 0 Å². The fourth-order valence-electron chi connectivity index (χ4n) is 1.28. The van der Waals surface area contributed by atoms with E-state index in [0.717, 1.165) is 12.0 Å². The van der Waals surface area contributed by atoms with Crippen LogP contribution in [-0.4, -0.2) is 16.1 Å². The Morgan fingerprint density at radius 1 is 1.50 bits per heavy atom. The fraction of sp³-hybridized carbons (Fsp3) is 0. The molecule has 0 saturated carbocycles. The van der Waals surface area contributed by atoms with Gasteiger partial charge in [0.05, 0.1) is 23.0 Å². The van der Waals surface area contributed by atoms with Crippen LogP contribution < -0.4 is 0 Å². The Bertz CT molecular complexity index is 583. The second kappa shape index (κ2) is 4.29. The predicted octanol–water partition coefficient (Wildman–Crippen LogP) is 2.32. The maximum absolute atomic E-state index is 10.5. The lowest BCUT2D eigenvalue weighted by Crippen LogP contribution is -1.94. The maximum Gasteiger partial charge on any atom is 0.153 e. The van der Waals surface area contributed by atoms with Crippen molar-refractivity contribution in [2.45, 2.75) is 0 Å². The number of aromatic nitrogens is 2. The molecule has 5 heteroatoms. The molecule has 0 amide bonds. The van der Waals surface area contributed by atoms with Crippen molar-refractivity contribution in [1.82, 2.24) is 9.78 Å². The molecule has 2 rings (SSSR count). The molecule has 0 bridgehead atoms. The first kappa shape index (κ1) is 10.6. The van der Waals surface area contributed by atoms with Crippen LogP contribution in [-0.2, 0) is 0 Å². The number of halogens is 1. The molecule has 0 atom stereocenters. The minimum atomic E-state index is 0.514. The van der Waals surface area contributed by atoms with E-state index in [1.54, 1.807) is 29.1 Å². The van der Waals surface area contributed by atoms with Crippen molar-refractivity contribution in [3.05, 3.63) is 46.2 Å². The summed E-state index contributed by atoms with van der Waals surface area (Å²) in [5.74, 6) is 0. The van der Waals surface area contributed by atoms with E-state index < -0.39 is 0 Å². The summed E-state index contributed by atoms with van der Waals surface area (Å²) in [7, 11) is 0. The van der Waals surface area contributed by atoms with E-state index in [1.807, 2.05) is 0 Å². The van der Waals surface area contributed by atoms with Crippen LogP contribution in [0.1, 0.15) is 15.9 Å². The molecule has 1 aromatic carbocycles. The zero-order valence-electron chi connectivity index (χ0n) is 8.09. The van der Waals surface area contributed by atoms with Gasteiger partial charge in [0.2, 0.25) is 0 Å². The van der Waals surface area contributed by atoms with Gasteiger partial charge in [-0.2, -0.15) is 10.4 Å². The van der Waals surface area contributed by atoms with Gasteiger partial charge in [-0.25, -0.2) is 4.68 Å². The molecule has 0 spiro atoms. The Kier molecular flexibility index (Phi) is 2.84. The summed E-state index contributed by atoms with van der Waals surface area (Å²) in [5, 5.41) is 12.8. The van der Waals surface area contributed by atoms with Crippen molar-refractivity contribution in [2.75, 3.05) is 0 Å². The highest BCUT2D eigenvalue weighted by Gasteiger charge is 2.03. The molecule has 1 aromatic heterocycles. The van der Waals surface area contributed by atoms with Gasteiger partial charge in [0.1, 0.15) is 6.07 Å². The lowest BCUT2D eigenvalue weighted by molar-refractivity contribution is 0.112. The van der Waals surface area contributed by atoms with Gasteiger partial charge in [0, 0.05) is 10.7 Å². The quantitative estimate of drug-likeness (QED) is 0.791. The van der Waals surface area contributed by atoms with E-state index in [0.29, 0.717) is 15.6 Å². The maximum atomic E-state index is 10.5. The molecule has 0 aliphatic heterocycles. The van der Waals surface area contributed by atoms with Crippen LogP contribution in [0, 0.1) is 11.3 Å². The molecular weight excluding hydrogens is 270 g/mol. The van der Waals surface area contributed by atoms with Gasteiger partial charge in [-0.3, -0.25) is 4.79 Å². The van der Waals surface area contributed by atoms with Crippen molar-refractivity contribution in [3.63, 3.8) is 0 Å². The Balaban J connectivity index is 2.45. The summed E-state index contributed by atoms with van der Waals surface area (Å²) in [5.41, 5.74) is 1.87. The minimum absolute atomic E-state index is 0.514. The smallest absolute Gasteiger partial charge is 0.153 e. The molecule has 1 heterocycles. The molecule has 4 nitrogen and oxygen atoms in total. The summed E-state index contributed by atoms with van der Waals surface area (Å²) in [6.45, 7) is 0. The molecule has 16 heavy (non-hydrogen) atoms. The predicted molar refractivity (Wildman–Crippen MR) is 61.4 cm³/mol. The van der Waals surface area contributed by atoms with Crippen LogP contribution in [0.5, 0.6) is 0 Å². The Morgan fingerprint density at radius 2 is 2.31 bits per heavy atom. The van der Waals surface area contributed by atoms with E-state index >= 15 is 0 Å². The van der Waals surface area contributed by atoms with Gasteiger partial charge in [-0.15, -0.1) is 0 Å². The number of hydrogen-bond acceptors (Lipinski definition) is 3. The second-order valence-corrected chi connectivity index (χ2v) is 3.97. The lowest BCUT2D eigenvalue weighted by Gasteiger charge is -2.02. The third kappa shape index (κ3) is 1.88. The third-order valence-corrected chi connectivity index (χ3v) is 2.73. The molecule has 2 aromatic rings. The molecule has 78 valence electrons. The Labute approximate surface area is 100 Å². The Hall–Kier alpha value is -1.93. The van der Waals surface area contributed by atoms with E-state index in [2.05, 4.69) is 27.1 Å². The Morgan fingerprint density at radius 3 is 2.88 bits per heavy atom. The number of carbonyl (C=O) groups is 1. The highest BCUT2D eigenvalue weighted by Crippen LogP contribution is 2.19. The van der Waals surface area contributed by atoms with Crippen LogP contribution >= 0.6 is 15.9 Å². The number of nitrogens with zero attached hydrogens (tertiary/aromatic N) is 3. The highest BCUT2D eigenvalue weighted by molar-refractivity contribution is 9.10. The standard InChI is InChI=1S/C11H6BrN3O/c12-11-3-10(2-1-9(11)4-13)15-6-8(7-16)5-14-15/h1-3,5-7H. The molecule has 0 N–H and O–H groups in total. The van der Waals surface area contributed by atoms with E-state index in [4.69, 9.17) is 5.26 Å². The van der Waals surface area contributed by atoms with Crippen molar-refractivity contribution >= 4 is 22.2 Å². The fourth-order valence-corrected chi connectivity index (χ4v) is 1.73. The van der Waals surface area contributed by atoms with Crippen LogP contribution in [0.4, 0.5) is 0 Å². The molecular formula is C11H6BrN3O. The summed E-state index contributed by atoms with van der Waals surface area (Å²) < 4.78 is 2.28. The molecule has 0 aliphatic carbocycles. The van der Waals surface area contributed by atoms with Gasteiger partial charge in [-0.05, 0) is 34.1 Å². The molecule has 0 radical (unpaired) electrons. The lowest BCUT2D eigenvalue weighted by atomic mass is 10.2. The molecule has 0 aliphatic rings. The van der Waals surface area contributed by atoms with Crippen molar-refractivity contribution in [3.8, 4) is 11.8 Å². The number of benzene rings is 1. The highest BCUT2D eigenvalue weighted by atomic mass is 79.9. The second-order valence-electron chi connectivity index (χ2n) is 3.11. The first-order valence-electron chi connectivity index (χ1n) is 4.44. The largest absolute Gasteiger partial charge is 0.298 e. The number of hydrogen-bond donors (Lipinski definition) is 0. The zero-order chi connectivity index (χ0) is 11.5. The van der Waals surface area contributed by atoms with Crippen LogP contribution in [0.25, 0.3) is 5.69 Å². The summed E-state index contributed by atoms with van der Waals surface area (Å²) in [6.07, 6.45) is 3.85. The van der Waals surface area contributed by atoms with Crippen LogP contribution in [0.3, 0.4) is 0 Å². The minimum Gasteiger partial charge on any atom is -0.298 e. The van der Waals surface area contributed by atoms with Crippen molar-refractivity contribution < 1.29 is 4.79 Å². The van der Waals surface area contributed by atoms with Gasteiger partial charge in [0.25, 0.3) is 0 Å². The zero-order valence-corrected chi connectivity index (χ0v) is 9.68. The van der Waals surface area contributed by atoms with Gasteiger partial charge < -0.3 is 0 Å². The molecule has 0 fully saturated rings. The monoisotopic (exact) mass is 275 g/mol. The van der Waals surface area contributed by atoms with Gasteiger partial charge >= 0.3 is 0 Å². The van der Waals surface area contributed by atoms with E-state index in [9.17, 15) is 4.79 Å². The van der Waals surface area contributed by atoms with E-state index in [1.165, 1.54) is 6.20 Å². The van der Waals surface area contributed by atoms with Crippen LogP contribution in [0.2, 0.25) is 0 Å². The molecule has 0 unspecified atom stereocenters. The van der Waals surface area contributed by atoms with Crippen molar-refractivity contribution in [1.29, 1.82) is 5.26 Å². The number of rotatable bonds is 2. The van der Waals surface area contributed by atoms with Gasteiger partial charge in [0.15, 0.2) is 6.29 Å². The summed E-state index contributed by atoms with van der Waals surface area (Å²) in [4.78, 5) is 10.5. The average molecular weight is 276 g/mol. The first-order valence-corrected chi connectivity index (χ1v) is 5.24. The van der Waals surface area contributed by atoms with Gasteiger partial charge in [-0.1, -0.05) is 0 Å². The average Bonchev–Trinajstić information content (AvgIpc) is 2.77. The number of nitriles is 1. The third-order valence-electron chi connectivity index (χ3n) is 2.08. The molecule has 0 saturated heterocycles. The normalized spacial score (nSPS) is 9.75. The van der Waals surface area contributed by atoms with Crippen LogP contribution in [0.15, 0.2) is 35.1 Å². The first-order chi connectivity index (χ1) is 7.74.